The van der Waals surface area contributed by atoms with E-state index in [2.05, 4.69) is 12.2 Å². The summed E-state index contributed by atoms with van der Waals surface area (Å²) < 4.78 is 11.0. The third-order valence-corrected chi connectivity index (χ3v) is 6.62. The molecule has 1 unspecified atom stereocenters. The largest absolute Gasteiger partial charge is 0.497 e. The lowest BCUT2D eigenvalue weighted by atomic mass is 10.0. The zero-order valence-electron chi connectivity index (χ0n) is 21.1. The fourth-order valence-corrected chi connectivity index (χ4v) is 4.33. The molecule has 0 aromatic heterocycles. The van der Waals surface area contributed by atoms with Gasteiger partial charge in [-0.05, 0) is 48.4 Å². The first-order chi connectivity index (χ1) is 17.9. The highest BCUT2D eigenvalue weighted by atomic mass is 35.5. The highest BCUT2D eigenvalue weighted by molar-refractivity contribution is 6.36. The number of nitrogens with zero attached hydrogens (tertiary/aromatic N) is 1. The SMILES string of the molecule is CCCCNC(=O)C(Cc1ccccc1)N(Cc1c(Cl)cccc1Cl)C(=O)COc1ccc(OC)cc1. The minimum Gasteiger partial charge on any atom is -0.497 e. The van der Waals surface area contributed by atoms with Gasteiger partial charge in [0.15, 0.2) is 6.61 Å². The molecule has 1 N–H and O–H groups in total. The lowest BCUT2D eigenvalue weighted by Gasteiger charge is -2.32. The molecular formula is C29H32Cl2N2O4. The quantitative estimate of drug-likeness (QED) is 0.271. The van der Waals surface area contributed by atoms with Gasteiger partial charge >= 0.3 is 0 Å². The Labute approximate surface area is 228 Å². The Morgan fingerprint density at radius 2 is 1.57 bits per heavy atom. The molecule has 3 aromatic rings. The number of hydrogen-bond donors (Lipinski definition) is 1. The highest BCUT2D eigenvalue weighted by Gasteiger charge is 2.31. The van der Waals surface area contributed by atoms with Crippen LogP contribution in [0.5, 0.6) is 11.5 Å². The van der Waals surface area contributed by atoms with Gasteiger partial charge in [0.25, 0.3) is 5.91 Å². The lowest BCUT2D eigenvalue weighted by molar-refractivity contribution is -0.142. The Bertz CT molecular complexity index is 1140. The van der Waals surface area contributed by atoms with E-state index in [1.54, 1.807) is 49.6 Å². The van der Waals surface area contributed by atoms with E-state index in [1.807, 2.05) is 30.3 Å². The predicted octanol–water partition coefficient (Wildman–Crippen LogP) is 5.94. The Kier molecular flexibility index (Phi) is 11.1. The summed E-state index contributed by atoms with van der Waals surface area (Å²) in [6.07, 6.45) is 2.11. The minimum absolute atomic E-state index is 0.0576. The van der Waals surface area contributed by atoms with Gasteiger partial charge in [-0.1, -0.05) is 72.9 Å². The Balaban J connectivity index is 1.91. The number of benzene rings is 3. The van der Waals surface area contributed by atoms with Crippen molar-refractivity contribution in [3.8, 4) is 11.5 Å². The van der Waals surface area contributed by atoms with E-state index in [1.165, 1.54) is 4.90 Å². The minimum atomic E-state index is -0.793. The Morgan fingerprint density at radius 1 is 0.919 bits per heavy atom. The van der Waals surface area contributed by atoms with Crippen molar-refractivity contribution < 1.29 is 19.1 Å². The number of amides is 2. The predicted molar refractivity (Wildman–Crippen MR) is 147 cm³/mol. The van der Waals surface area contributed by atoms with E-state index in [4.69, 9.17) is 32.7 Å². The van der Waals surface area contributed by atoms with Gasteiger partial charge in [-0.25, -0.2) is 0 Å². The van der Waals surface area contributed by atoms with Crippen molar-refractivity contribution >= 4 is 35.0 Å². The van der Waals surface area contributed by atoms with Crippen LogP contribution in [0.4, 0.5) is 0 Å². The molecule has 0 spiro atoms. The van der Waals surface area contributed by atoms with E-state index in [0.29, 0.717) is 40.1 Å². The third-order valence-electron chi connectivity index (χ3n) is 5.91. The molecule has 8 heteroatoms. The van der Waals surface area contributed by atoms with Crippen LogP contribution in [-0.2, 0) is 22.6 Å². The number of carbonyl (C=O) groups excluding carboxylic acids is 2. The molecule has 0 saturated heterocycles. The molecule has 0 aliphatic rings. The molecule has 196 valence electrons. The Morgan fingerprint density at radius 3 is 2.19 bits per heavy atom. The molecule has 0 heterocycles. The molecule has 0 aliphatic heterocycles. The van der Waals surface area contributed by atoms with E-state index < -0.39 is 6.04 Å². The molecule has 3 aromatic carbocycles. The topological polar surface area (TPSA) is 67.9 Å². The smallest absolute Gasteiger partial charge is 0.261 e. The number of rotatable bonds is 13. The van der Waals surface area contributed by atoms with Crippen LogP contribution in [0, 0.1) is 0 Å². The van der Waals surface area contributed by atoms with E-state index in [0.717, 1.165) is 18.4 Å². The van der Waals surface area contributed by atoms with Crippen LogP contribution in [0.1, 0.15) is 30.9 Å². The standard InChI is InChI=1S/C29H32Cl2N2O4/c1-3-4-17-32-29(35)27(18-21-9-6-5-7-10-21)33(19-24-25(30)11-8-12-26(24)31)28(34)20-37-23-15-13-22(36-2)14-16-23/h5-16,27H,3-4,17-20H2,1-2H3,(H,32,35). The van der Waals surface area contributed by atoms with Gasteiger partial charge in [-0.3, -0.25) is 9.59 Å². The van der Waals surface area contributed by atoms with Crippen LogP contribution in [0.15, 0.2) is 72.8 Å². The summed E-state index contributed by atoms with van der Waals surface area (Å²) in [5, 5.41) is 3.83. The van der Waals surface area contributed by atoms with Crippen molar-refractivity contribution in [2.75, 3.05) is 20.3 Å². The number of carbonyl (C=O) groups is 2. The van der Waals surface area contributed by atoms with E-state index in [-0.39, 0.29) is 25.0 Å². The average Bonchev–Trinajstić information content (AvgIpc) is 2.91. The van der Waals surface area contributed by atoms with Crippen molar-refractivity contribution in [2.45, 2.75) is 38.8 Å². The van der Waals surface area contributed by atoms with Gasteiger partial charge in [0.1, 0.15) is 17.5 Å². The fourth-order valence-electron chi connectivity index (χ4n) is 3.81. The number of methoxy groups -OCH3 is 1. The maximum absolute atomic E-state index is 13.6. The maximum atomic E-state index is 13.6. The van der Waals surface area contributed by atoms with Gasteiger partial charge in [-0.2, -0.15) is 0 Å². The molecular weight excluding hydrogens is 511 g/mol. The molecule has 0 saturated carbocycles. The summed E-state index contributed by atoms with van der Waals surface area (Å²) >= 11 is 12.9. The first-order valence-electron chi connectivity index (χ1n) is 12.2. The highest BCUT2D eigenvalue weighted by Crippen LogP contribution is 2.27. The molecule has 1 atom stereocenters. The van der Waals surface area contributed by atoms with E-state index in [9.17, 15) is 9.59 Å². The fraction of sp³-hybridized carbons (Fsp3) is 0.310. The van der Waals surface area contributed by atoms with Crippen molar-refractivity contribution in [1.29, 1.82) is 0 Å². The number of halogens is 2. The van der Waals surface area contributed by atoms with Crippen LogP contribution in [-0.4, -0.2) is 43.0 Å². The number of ether oxygens (including phenoxy) is 2. The first-order valence-corrected chi connectivity index (χ1v) is 13.0. The second kappa shape index (κ2) is 14.5. The van der Waals surface area contributed by atoms with Crippen LogP contribution in [0.25, 0.3) is 0 Å². The summed E-state index contributed by atoms with van der Waals surface area (Å²) in [5.74, 6) is 0.592. The van der Waals surface area contributed by atoms with Crippen molar-refractivity contribution in [3.05, 3.63) is 94.0 Å². The van der Waals surface area contributed by atoms with Gasteiger partial charge < -0.3 is 19.7 Å². The van der Waals surface area contributed by atoms with E-state index >= 15 is 0 Å². The second-order valence-electron chi connectivity index (χ2n) is 8.54. The lowest BCUT2D eigenvalue weighted by Crippen LogP contribution is -2.52. The maximum Gasteiger partial charge on any atom is 0.261 e. The average molecular weight is 543 g/mol. The van der Waals surface area contributed by atoms with Crippen LogP contribution in [0.2, 0.25) is 10.0 Å². The molecule has 0 radical (unpaired) electrons. The summed E-state index contributed by atoms with van der Waals surface area (Å²) in [6.45, 7) is 2.38. The summed E-state index contributed by atoms with van der Waals surface area (Å²) in [6, 6.07) is 20.9. The number of hydrogen-bond acceptors (Lipinski definition) is 4. The van der Waals surface area contributed by atoms with Gasteiger partial charge in [0, 0.05) is 35.1 Å². The van der Waals surface area contributed by atoms with Crippen molar-refractivity contribution in [2.24, 2.45) is 0 Å². The first kappa shape index (κ1) is 28.4. The zero-order chi connectivity index (χ0) is 26.6. The molecule has 2 amide bonds. The number of nitrogens with one attached hydrogen (secondary N) is 1. The molecule has 3 rings (SSSR count). The molecule has 0 fully saturated rings. The monoisotopic (exact) mass is 542 g/mol. The molecule has 0 aliphatic carbocycles. The third kappa shape index (κ3) is 8.41. The number of unbranched alkanes of at least 4 members (excludes halogenated alkanes) is 1. The zero-order valence-corrected chi connectivity index (χ0v) is 22.6. The molecule has 6 nitrogen and oxygen atoms in total. The van der Waals surface area contributed by atoms with Crippen LogP contribution >= 0.6 is 23.2 Å². The molecule has 0 bridgehead atoms. The molecule has 37 heavy (non-hydrogen) atoms. The second-order valence-corrected chi connectivity index (χ2v) is 9.35. The van der Waals surface area contributed by atoms with Crippen molar-refractivity contribution in [3.63, 3.8) is 0 Å². The summed E-state index contributed by atoms with van der Waals surface area (Å²) in [7, 11) is 1.58. The summed E-state index contributed by atoms with van der Waals surface area (Å²) in [4.78, 5) is 28.6. The van der Waals surface area contributed by atoms with Crippen molar-refractivity contribution in [1.82, 2.24) is 10.2 Å². The van der Waals surface area contributed by atoms with Gasteiger partial charge in [0.2, 0.25) is 5.91 Å². The normalized spacial score (nSPS) is 11.5. The van der Waals surface area contributed by atoms with Crippen LogP contribution in [0.3, 0.4) is 0 Å². The summed E-state index contributed by atoms with van der Waals surface area (Å²) in [5.41, 5.74) is 1.50. The van der Waals surface area contributed by atoms with Gasteiger partial charge in [-0.15, -0.1) is 0 Å². The Hall–Kier alpha value is -3.22. The van der Waals surface area contributed by atoms with Gasteiger partial charge in [0.05, 0.1) is 7.11 Å². The van der Waals surface area contributed by atoms with Crippen LogP contribution < -0.4 is 14.8 Å².